The molecule has 0 aromatic carbocycles. The monoisotopic (exact) mass is 288 g/mol. The molecular weight excluding hydrogens is 268 g/mol. The smallest absolute Gasteiger partial charge is 0.271 e. The Bertz CT molecular complexity index is 658. The number of hydrogen-bond donors (Lipinski definition) is 1. The van der Waals surface area contributed by atoms with Gasteiger partial charge in [0.05, 0.1) is 17.4 Å². The van der Waals surface area contributed by atoms with Crippen molar-refractivity contribution < 1.29 is 9.32 Å². The van der Waals surface area contributed by atoms with E-state index in [0.717, 1.165) is 37.4 Å². The van der Waals surface area contributed by atoms with Gasteiger partial charge in [-0.15, -0.1) is 0 Å². The fourth-order valence-corrected chi connectivity index (χ4v) is 2.97. The Balaban J connectivity index is 1.89. The molecule has 3 heterocycles. The van der Waals surface area contributed by atoms with Crippen molar-refractivity contribution in [1.82, 2.24) is 14.6 Å². The number of aromatic nitrogens is 2. The predicted octanol–water partition coefficient (Wildman–Crippen LogP) is 2.36. The lowest BCUT2D eigenvalue weighted by atomic mass is 10.1. The molecule has 3 rings (SSSR count). The first-order valence-electron chi connectivity index (χ1n) is 7.30. The maximum atomic E-state index is 12.8. The third-order valence-corrected chi connectivity index (χ3v) is 3.97. The lowest BCUT2D eigenvalue weighted by Gasteiger charge is -2.23. The normalized spacial score (nSPS) is 18.4. The highest BCUT2D eigenvalue weighted by Gasteiger charge is 2.34. The van der Waals surface area contributed by atoms with Gasteiger partial charge in [0.1, 0.15) is 5.69 Å². The molecule has 0 bridgehead atoms. The van der Waals surface area contributed by atoms with Crippen LogP contribution in [0.5, 0.6) is 0 Å². The number of nitrogens with zero attached hydrogens (tertiary/aromatic N) is 3. The first kappa shape index (κ1) is 13.7. The summed E-state index contributed by atoms with van der Waals surface area (Å²) in [5, 5.41) is 3.93. The summed E-state index contributed by atoms with van der Waals surface area (Å²) in [7, 11) is 0. The van der Waals surface area contributed by atoms with Crippen LogP contribution >= 0.6 is 0 Å². The van der Waals surface area contributed by atoms with E-state index in [-0.39, 0.29) is 11.9 Å². The summed E-state index contributed by atoms with van der Waals surface area (Å²) >= 11 is 0. The number of nitrogens with two attached hydrogens (primary N) is 1. The summed E-state index contributed by atoms with van der Waals surface area (Å²) in [5.74, 6) is 0.769. The summed E-state index contributed by atoms with van der Waals surface area (Å²) < 4.78 is 7.24. The minimum atomic E-state index is -0.0277. The predicted molar refractivity (Wildman–Crippen MR) is 78.8 cm³/mol. The number of anilines is 1. The standard InChI is InChI=1S/C15H20N4O2/c1-3-18-9-11(16)8-13(18)15(20)19-6-4-5-12(19)14-7-10(2)17-21-14/h7-9,12H,3-6,16H2,1-2H3. The third kappa shape index (κ3) is 2.41. The molecule has 6 heteroatoms. The molecule has 1 saturated heterocycles. The van der Waals surface area contributed by atoms with Crippen molar-refractivity contribution >= 4 is 11.6 Å². The molecule has 1 aliphatic rings. The number of aryl methyl sites for hydroxylation is 2. The second kappa shape index (κ2) is 5.27. The molecule has 2 aromatic rings. The Morgan fingerprint density at radius 2 is 2.33 bits per heavy atom. The van der Waals surface area contributed by atoms with Gasteiger partial charge >= 0.3 is 0 Å². The number of nitrogen functional groups attached to an aromatic ring is 1. The molecule has 1 unspecified atom stereocenters. The topological polar surface area (TPSA) is 77.3 Å². The van der Waals surface area contributed by atoms with Crippen LogP contribution in [0.4, 0.5) is 5.69 Å². The van der Waals surface area contributed by atoms with Crippen LogP contribution in [0.1, 0.15) is 47.7 Å². The molecule has 2 aromatic heterocycles. The molecule has 6 nitrogen and oxygen atoms in total. The number of amides is 1. The lowest BCUT2D eigenvalue weighted by Crippen LogP contribution is -2.31. The van der Waals surface area contributed by atoms with E-state index in [1.54, 1.807) is 12.3 Å². The first-order chi connectivity index (χ1) is 10.1. The van der Waals surface area contributed by atoms with E-state index in [1.165, 1.54) is 0 Å². The zero-order chi connectivity index (χ0) is 15.0. The largest absolute Gasteiger partial charge is 0.397 e. The summed E-state index contributed by atoms with van der Waals surface area (Å²) in [4.78, 5) is 14.7. The molecule has 1 aliphatic heterocycles. The average molecular weight is 288 g/mol. The summed E-state index contributed by atoms with van der Waals surface area (Å²) in [6.07, 6.45) is 3.68. The Labute approximate surface area is 123 Å². The molecule has 112 valence electrons. The van der Waals surface area contributed by atoms with Crippen LogP contribution in [0.3, 0.4) is 0 Å². The summed E-state index contributed by atoms with van der Waals surface area (Å²) in [5.41, 5.74) is 7.91. The van der Waals surface area contributed by atoms with Crippen molar-refractivity contribution in [2.75, 3.05) is 12.3 Å². The Kier molecular flexibility index (Phi) is 3.45. The van der Waals surface area contributed by atoms with E-state index in [9.17, 15) is 4.79 Å². The minimum Gasteiger partial charge on any atom is -0.397 e. The van der Waals surface area contributed by atoms with Crippen LogP contribution in [0, 0.1) is 6.92 Å². The molecule has 0 spiro atoms. The Morgan fingerprint density at radius 1 is 1.52 bits per heavy atom. The van der Waals surface area contributed by atoms with Crippen molar-refractivity contribution in [3.8, 4) is 0 Å². The fourth-order valence-electron chi connectivity index (χ4n) is 2.97. The molecular formula is C15H20N4O2. The van der Waals surface area contributed by atoms with Crippen molar-refractivity contribution in [2.24, 2.45) is 0 Å². The number of hydrogen-bond acceptors (Lipinski definition) is 4. The molecule has 1 atom stereocenters. The van der Waals surface area contributed by atoms with Gasteiger partial charge in [0.15, 0.2) is 5.76 Å². The Hall–Kier alpha value is -2.24. The van der Waals surface area contributed by atoms with E-state index in [0.29, 0.717) is 11.4 Å². The van der Waals surface area contributed by atoms with Crippen LogP contribution in [0.2, 0.25) is 0 Å². The molecule has 2 N–H and O–H groups in total. The number of carbonyl (C=O) groups is 1. The second-order valence-electron chi connectivity index (χ2n) is 5.47. The van der Waals surface area contributed by atoms with Gasteiger partial charge in [-0.1, -0.05) is 5.16 Å². The van der Waals surface area contributed by atoms with Crippen molar-refractivity contribution in [3.63, 3.8) is 0 Å². The Morgan fingerprint density at radius 3 is 3.00 bits per heavy atom. The maximum absolute atomic E-state index is 12.8. The minimum absolute atomic E-state index is 0.00473. The highest BCUT2D eigenvalue weighted by Crippen LogP contribution is 2.33. The van der Waals surface area contributed by atoms with E-state index in [4.69, 9.17) is 10.3 Å². The van der Waals surface area contributed by atoms with E-state index in [1.807, 2.05) is 29.4 Å². The van der Waals surface area contributed by atoms with Crippen molar-refractivity contribution in [3.05, 3.63) is 35.5 Å². The van der Waals surface area contributed by atoms with Crippen molar-refractivity contribution in [2.45, 2.75) is 39.3 Å². The maximum Gasteiger partial charge on any atom is 0.271 e. The molecule has 1 amide bonds. The fraction of sp³-hybridized carbons (Fsp3) is 0.467. The van der Waals surface area contributed by atoms with E-state index >= 15 is 0 Å². The highest BCUT2D eigenvalue weighted by molar-refractivity contribution is 5.94. The van der Waals surface area contributed by atoms with Gasteiger partial charge in [-0.05, 0) is 32.8 Å². The highest BCUT2D eigenvalue weighted by atomic mass is 16.5. The van der Waals surface area contributed by atoms with Gasteiger partial charge in [0, 0.05) is 25.4 Å². The van der Waals surface area contributed by atoms with Gasteiger partial charge in [0.25, 0.3) is 5.91 Å². The van der Waals surface area contributed by atoms with Gasteiger partial charge < -0.3 is 19.7 Å². The number of likely N-dealkylation sites (tertiary alicyclic amines) is 1. The molecule has 0 saturated carbocycles. The number of rotatable bonds is 3. The molecule has 21 heavy (non-hydrogen) atoms. The third-order valence-electron chi connectivity index (χ3n) is 3.97. The first-order valence-corrected chi connectivity index (χ1v) is 7.30. The second-order valence-corrected chi connectivity index (χ2v) is 5.47. The SMILES string of the molecule is CCn1cc(N)cc1C(=O)N1CCCC1c1cc(C)no1. The van der Waals surface area contributed by atoms with Crippen LogP contribution in [-0.4, -0.2) is 27.1 Å². The van der Waals surface area contributed by atoms with Crippen LogP contribution in [0.15, 0.2) is 22.9 Å². The van der Waals surface area contributed by atoms with E-state index < -0.39 is 0 Å². The summed E-state index contributed by atoms with van der Waals surface area (Å²) in [6, 6.07) is 3.62. The van der Waals surface area contributed by atoms with Crippen LogP contribution < -0.4 is 5.73 Å². The van der Waals surface area contributed by atoms with Gasteiger partial charge in [0.2, 0.25) is 0 Å². The van der Waals surface area contributed by atoms with Gasteiger partial charge in [-0.2, -0.15) is 0 Å². The zero-order valence-corrected chi connectivity index (χ0v) is 12.4. The summed E-state index contributed by atoms with van der Waals surface area (Å²) in [6.45, 7) is 5.34. The molecule has 0 aliphatic carbocycles. The van der Waals surface area contributed by atoms with Gasteiger partial charge in [-0.3, -0.25) is 4.79 Å². The van der Waals surface area contributed by atoms with Gasteiger partial charge in [-0.25, -0.2) is 0 Å². The van der Waals surface area contributed by atoms with Crippen molar-refractivity contribution in [1.29, 1.82) is 0 Å². The van der Waals surface area contributed by atoms with Crippen LogP contribution in [-0.2, 0) is 6.54 Å². The average Bonchev–Trinajstić information content (AvgIpc) is 3.16. The van der Waals surface area contributed by atoms with E-state index in [2.05, 4.69) is 5.16 Å². The van der Waals surface area contributed by atoms with Crippen LogP contribution in [0.25, 0.3) is 0 Å². The quantitative estimate of drug-likeness (QED) is 0.940. The molecule has 1 fully saturated rings. The lowest BCUT2D eigenvalue weighted by molar-refractivity contribution is 0.0703. The number of carbonyl (C=O) groups excluding carboxylic acids is 1. The zero-order valence-electron chi connectivity index (χ0n) is 12.4. The molecule has 0 radical (unpaired) electrons.